The number of halogens is 3. The molecule has 136 valence electrons. The molecular formula is C22H16F3NS. The lowest BCUT2D eigenvalue weighted by atomic mass is 10.0. The second-order valence-corrected chi connectivity index (χ2v) is 7.58. The van der Waals surface area contributed by atoms with Gasteiger partial charge in [0.2, 0.25) is 0 Å². The minimum absolute atomic E-state index is 0.152. The zero-order chi connectivity index (χ0) is 19.0. The fourth-order valence-electron chi connectivity index (χ4n) is 3.11. The molecule has 3 aromatic carbocycles. The minimum Gasteiger partial charge on any atom is -0.354 e. The van der Waals surface area contributed by atoms with Gasteiger partial charge in [-0.1, -0.05) is 12.1 Å². The van der Waals surface area contributed by atoms with Crippen molar-refractivity contribution in [3.8, 4) is 0 Å². The molecule has 4 rings (SSSR count). The van der Waals surface area contributed by atoms with Crippen molar-refractivity contribution in [1.29, 1.82) is 0 Å². The molecule has 5 heteroatoms. The van der Waals surface area contributed by atoms with Gasteiger partial charge in [0, 0.05) is 16.2 Å². The molecule has 1 N–H and O–H groups in total. The Morgan fingerprint density at radius 2 is 1.48 bits per heavy atom. The van der Waals surface area contributed by atoms with Crippen molar-refractivity contribution in [2.75, 3.05) is 5.32 Å². The van der Waals surface area contributed by atoms with Crippen LogP contribution >= 0.6 is 11.8 Å². The molecule has 0 spiro atoms. The van der Waals surface area contributed by atoms with Crippen LogP contribution in [0.1, 0.15) is 21.9 Å². The number of rotatable bonds is 2. The number of benzene rings is 3. The smallest absolute Gasteiger partial charge is 0.124 e. The van der Waals surface area contributed by atoms with E-state index in [1.165, 1.54) is 48.2 Å². The lowest BCUT2D eigenvalue weighted by Gasteiger charge is -2.14. The fraction of sp³-hybridized carbons (Fsp3) is 0.0909. The molecule has 0 bridgehead atoms. The van der Waals surface area contributed by atoms with E-state index >= 15 is 0 Å². The second kappa shape index (κ2) is 7.16. The Balaban J connectivity index is 1.84. The monoisotopic (exact) mass is 383 g/mol. The van der Waals surface area contributed by atoms with Crippen LogP contribution in [-0.2, 0) is 0 Å². The molecule has 1 atom stereocenters. The van der Waals surface area contributed by atoms with Crippen molar-refractivity contribution in [1.82, 2.24) is 0 Å². The predicted octanol–water partition coefficient (Wildman–Crippen LogP) is 6.71. The number of thioether (sulfide) groups is 1. The molecule has 0 amide bonds. The third kappa shape index (κ3) is 3.74. The molecule has 27 heavy (non-hydrogen) atoms. The number of anilines is 1. The molecule has 1 aliphatic heterocycles. The largest absolute Gasteiger partial charge is 0.354 e. The molecule has 0 radical (unpaired) electrons. The molecule has 3 aromatic rings. The molecule has 1 unspecified atom stereocenters. The van der Waals surface area contributed by atoms with Crippen LogP contribution in [0.15, 0.2) is 71.6 Å². The topological polar surface area (TPSA) is 12.0 Å². The van der Waals surface area contributed by atoms with Gasteiger partial charge in [0.25, 0.3) is 0 Å². The van der Waals surface area contributed by atoms with Crippen molar-refractivity contribution in [2.45, 2.75) is 17.1 Å². The average molecular weight is 383 g/mol. The Labute approximate surface area is 159 Å². The van der Waals surface area contributed by atoms with Crippen LogP contribution < -0.4 is 5.32 Å². The van der Waals surface area contributed by atoms with Crippen LogP contribution in [-0.4, -0.2) is 0 Å². The molecule has 0 saturated carbocycles. The summed E-state index contributed by atoms with van der Waals surface area (Å²) in [6, 6.07) is 15.5. The van der Waals surface area contributed by atoms with E-state index < -0.39 is 0 Å². The van der Waals surface area contributed by atoms with Crippen molar-refractivity contribution in [3.63, 3.8) is 0 Å². The van der Waals surface area contributed by atoms with Gasteiger partial charge in [-0.05, 0) is 72.7 Å². The van der Waals surface area contributed by atoms with E-state index in [0.717, 1.165) is 33.0 Å². The van der Waals surface area contributed by atoms with Crippen LogP contribution in [0.2, 0.25) is 0 Å². The zero-order valence-corrected chi connectivity index (χ0v) is 15.3. The Morgan fingerprint density at radius 1 is 0.815 bits per heavy atom. The van der Waals surface area contributed by atoms with Crippen molar-refractivity contribution in [3.05, 3.63) is 101 Å². The quantitative estimate of drug-likeness (QED) is 0.528. The Morgan fingerprint density at radius 3 is 2.22 bits per heavy atom. The first-order chi connectivity index (χ1) is 13.0. The van der Waals surface area contributed by atoms with Gasteiger partial charge in [0.1, 0.15) is 17.5 Å². The summed E-state index contributed by atoms with van der Waals surface area (Å²) in [4.78, 5) is 0.760. The first kappa shape index (κ1) is 17.7. The maximum Gasteiger partial charge on any atom is 0.124 e. The summed E-state index contributed by atoms with van der Waals surface area (Å²) in [7, 11) is 0. The van der Waals surface area contributed by atoms with Crippen LogP contribution in [0.5, 0.6) is 0 Å². The third-order valence-corrected chi connectivity index (χ3v) is 5.72. The highest BCUT2D eigenvalue weighted by molar-refractivity contribution is 7.99. The van der Waals surface area contributed by atoms with Gasteiger partial charge in [-0.3, -0.25) is 0 Å². The highest BCUT2D eigenvalue weighted by Crippen LogP contribution is 2.45. The van der Waals surface area contributed by atoms with Crippen LogP contribution in [0.25, 0.3) is 5.70 Å². The maximum absolute atomic E-state index is 13.8. The Hall–Kier alpha value is -2.66. The maximum atomic E-state index is 13.8. The number of hydrogen-bond acceptors (Lipinski definition) is 2. The molecule has 0 aromatic heterocycles. The van der Waals surface area contributed by atoms with E-state index in [1.807, 2.05) is 13.0 Å². The van der Waals surface area contributed by atoms with Crippen molar-refractivity contribution < 1.29 is 13.2 Å². The summed E-state index contributed by atoms with van der Waals surface area (Å²) in [5.41, 5.74) is 4.14. The molecule has 1 nitrogen and oxygen atoms in total. The summed E-state index contributed by atoms with van der Waals surface area (Å²) < 4.78 is 40.7. The first-order valence-corrected chi connectivity index (χ1v) is 9.34. The van der Waals surface area contributed by atoms with E-state index in [-0.39, 0.29) is 22.7 Å². The fourth-order valence-corrected chi connectivity index (χ4v) is 4.31. The lowest BCUT2D eigenvalue weighted by Crippen LogP contribution is -2.02. The van der Waals surface area contributed by atoms with Crippen LogP contribution in [0.4, 0.5) is 18.9 Å². The van der Waals surface area contributed by atoms with Gasteiger partial charge in [-0.15, -0.1) is 11.8 Å². The summed E-state index contributed by atoms with van der Waals surface area (Å²) in [6.45, 7) is 1.84. The third-order valence-electron chi connectivity index (χ3n) is 4.46. The normalized spacial score (nSPS) is 16.1. The standard InChI is InChI=1S/C22H16F3NS/c1-13-10-16(24)6-8-18(13)20-12-21(14-2-4-15(23)5-3-14)27-22-11-17(25)7-9-19(22)26-20/h2-12,21,26H,1H3. The molecule has 0 fully saturated rings. The first-order valence-electron chi connectivity index (χ1n) is 8.46. The molecule has 1 aliphatic rings. The van der Waals surface area contributed by atoms with Gasteiger partial charge in [-0.25, -0.2) is 13.2 Å². The lowest BCUT2D eigenvalue weighted by molar-refractivity contribution is 0.624. The van der Waals surface area contributed by atoms with Gasteiger partial charge >= 0.3 is 0 Å². The van der Waals surface area contributed by atoms with Crippen LogP contribution in [0, 0.1) is 24.4 Å². The van der Waals surface area contributed by atoms with E-state index in [2.05, 4.69) is 5.32 Å². The zero-order valence-electron chi connectivity index (χ0n) is 14.5. The minimum atomic E-state index is -0.317. The number of hydrogen-bond donors (Lipinski definition) is 1. The van der Waals surface area contributed by atoms with Gasteiger partial charge < -0.3 is 5.32 Å². The number of fused-ring (bicyclic) bond motifs is 1. The van der Waals surface area contributed by atoms with E-state index in [9.17, 15) is 13.2 Å². The van der Waals surface area contributed by atoms with E-state index in [1.54, 1.807) is 24.3 Å². The highest BCUT2D eigenvalue weighted by Gasteiger charge is 2.21. The number of aryl methyl sites for hydroxylation is 1. The summed E-state index contributed by atoms with van der Waals surface area (Å²) in [5.74, 6) is -0.916. The molecular weight excluding hydrogens is 367 g/mol. The van der Waals surface area contributed by atoms with Crippen LogP contribution in [0.3, 0.4) is 0 Å². The van der Waals surface area contributed by atoms with Crippen molar-refractivity contribution >= 4 is 23.1 Å². The number of nitrogens with one attached hydrogen (secondary N) is 1. The molecule has 1 heterocycles. The Kier molecular flexibility index (Phi) is 4.70. The predicted molar refractivity (Wildman–Crippen MR) is 104 cm³/mol. The average Bonchev–Trinajstić information content (AvgIpc) is 2.81. The van der Waals surface area contributed by atoms with E-state index in [0.29, 0.717) is 0 Å². The summed E-state index contributed by atoms with van der Waals surface area (Å²) in [6.07, 6.45) is 2.01. The highest BCUT2D eigenvalue weighted by atomic mass is 32.2. The summed E-state index contributed by atoms with van der Waals surface area (Å²) in [5, 5.41) is 3.20. The second-order valence-electron chi connectivity index (χ2n) is 6.40. The Bertz CT molecular complexity index is 1030. The van der Waals surface area contributed by atoms with Gasteiger partial charge in [-0.2, -0.15) is 0 Å². The molecule has 0 aliphatic carbocycles. The van der Waals surface area contributed by atoms with Crippen molar-refractivity contribution in [2.24, 2.45) is 0 Å². The summed E-state index contributed by atoms with van der Waals surface area (Å²) >= 11 is 1.48. The van der Waals surface area contributed by atoms with Gasteiger partial charge in [0.15, 0.2) is 0 Å². The van der Waals surface area contributed by atoms with Gasteiger partial charge in [0.05, 0.1) is 10.9 Å². The molecule has 0 saturated heterocycles. The van der Waals surface area contributed by atoms with E-state index in [4.69, 9.17) is 0 Å². The SMILES string of the molecule is Cc1cc(F)ccc1C1=CC(c2ccc(F)cc2)Sc2cc(F)ccc2N1.